The monoisotopic (exact) mass is 643 g/mol. The fourth-order valence-electron chi connectivity index (χ4n) is 8.96. The fraction of sp³-hybridized carbons (Fsp3) is 0.0667. The maximum Gasteiger partial charge on any atom is 0.161 e. The van der Waals surface area contributed by atoms with E-state index in [-0.39, 0.29) is 11.5 Å². The minimum atomic E-state index is -0.385. The molecule has 7 aromatic rings. The normalized spacial score (nSPS) is 17.6. The first-order valence-electron chi connectivity index (χ1n) is 16.9. The van der Waals surface area contributed by atoms with Crippen LogP contribution in [0.4, 0.5) is 11.5 Å². The van der Waals surface area contributed by atoms with E-state index in [1.54, 1.807) is 0 Å². The van der Waals surface area contributed by atoms with Gasteiger partial charge in [-0.1, -0.05) is 133 Å². The lowest BCUT2D eigenvalue weighted by Crippen LogP contribution is -2.37. The number of nitrogens with zero attached hydrogens (tertiary/aromatic N) is 3. The van der Waals surface area contributed by atoms with Crippen LogP contribution in [0.2, 0.25) is 0 Å². The van der Waals surface area contributed by atoms with Gasteiger partial charge in [0.05, 0.1) is 28.2 Å². The van der Waals surface area contributed by atoms with Gasteiger partial charge >= 0.3 is 0 Å². The molecule has 0 saturated carbocycles. The maximum atomic E-state index is 5.44. The molecule has 6 aromatic carbocycles. The Morgan fingerprint density at radius 1 is 0.571 bits per heavy atom. The van der Waals surface area contributed by atoms with Gasteiger partial charge in [0.2, 0.25) is 0 Å². The molecule has 2 aliphatic heterocycles. The molecule has 1 spiro atoms. The molecule has 2 aliphatic carbocycles. The number of fused-ring (bicyclic) bond motifs is 12. The second kappa shape index (κ2) is 10.1. The van der Waals surface area contributed by atoms with E-state index in [2.05, 4.69) is 157 Å². The van der Waals surface area contributed by atoms with Crippen LogP contribution in [-0.4, -0.2) is 16.0 Å². The summed E-state index contributed by atoms with van der Waals surface area (Å²) in [5.41, 5.74) is 15.5. The summed E-state index contributed by atoms with van der Waals surface area (Å²) in [6, 6.07) is 55.0. The second-order valence-corrected chi connectivity index (χ2v) is 14.3. The van der Waals surface area contributed by atoms with Gasteiger partial charge < -0.3 is 4.90 Å². The molecule has 3 heterocycles. The zero-order valence-electron chi connectivity index (χ0n) is 26.5. The van der Waals surface area contributed by atoms with Gasteiger partial charge in [0.25, 0.3) is 0 Å². The van der Waals surface area contributed by atoms with Crippen LogP contribution in [0.15, 0.2) is 173 Å². The minimum Gasteiger partial charge on any atom is -0.316 e. The smallest absolute Gasteiger partial charge is 0.161 e. The Labute approximate surface area is 289 Å². The lowest BCUT2D eigenvalue weighted by Gasteiger charge is -2.43. The van der Waals surface area contributed by atoms with Crippen LogP contribution in [0.1, 0.15) is 34.2 Å². The van der Waals surface area contributed by atoms with Crippen molar-refractivity contribution in [3.05, 3.63) is 191 Å². The van der Waals surface area contributed by atoms with Crippen molar-refractivity contribution >= 4 is 45.4 Å². The molecule has 230 valence electrons. The summed E-state index contributed by atoms with van der Waals surface area (Å²) in [5.74, 6) is 0.902. The van der Waals surface area contributed by atoms with Crippen molar-refractivity contribution in [3.63, 3.8) is 0 Å². The van der Waals surface area contributed by atoms with Crippen LogP contribution in [0, 0.1) is 0 Å². The molecule has 49 heavy (non-hydrogen) atoms. The Hall–Kier alpha value is -5.71. The van der Waals surface area contributed by atoms with Crippen molar-refractivity contribution in [1.29, 1.82) is 0 Å². The van der Waals surface area contributed by atoms with Gasteiger partial charge in [-0.05, 0) is 81.8 Å². The van der Waals surface area contributed by atoms with Crippen molar-refractivity contribution in [2.75, 3.05) is 4.90 Å². The van der Waals surface area contributed by atoms with Crippen LogP contribution in [0.3, 0.4) is 0 Å². The number of hydrogen-bond acceptors (Lipinski definition) is 4. The van der Waals surface area contributed by atoms with E-state index in [1.807, 2.05) is 17.8 Å². The van der Waals surface area contributed by atoms with Gasteiger partial charge in [-0.3, -0.25) is 0 Å². The first-order valence-corrected chi connectivity index (χ1v) is 17.7. The molecule has 4 heteroatoms. The molecule has 0 bridgehead atoms. The first-order chi connectivity index (χ1) is 24.3. The standard InChI is InChI=1S/C45H29N3S/c1-2-14-28(15-3-1)43-44(47-38-22-10-9-21-37(38)46-43)48-39-23-11-5-17-30(39)32-26-31-29-16-4-6-18-33(29)45(36(31)27-40(32)48)34-19-7-12-24-41(34)49-42-25-13-8-20-35(42)45/h1-26,40H,27H2. The van der Waals surface area contributed by atoms with E-state index in [0.29, 0.717) is 0 Å². The minimum absolute atomic E-state index is 0.0502. The largest absolute Gasteiger partial charge is 0.316 e. The molecule has 0 radical (unpaired) electrons. The lowest BCUT2D eigenvalue weighted by molar-refractivity contribution is 0.640. The molecule has 1 atom stereocenters. The third-order valence-corrected chi connectivity index (χ3v) is 12.0. The summed E-state index contributed by atoms with van der Waals surface area (Å²) >= 11 is 1.90. The zero-order chi connectivity index (χ0) is 32.1. The Kier molecular flexibility index (Phi) is 5.65. The van der Waals surface area contributed by atoms with Crippen molar-refractivity contribution in [2.45, 2.75) is 27.7 Å². The number of hydrogen-bond donors (Lipinski definition) is 0. The van der Waals surface area contributed by atoms with Crippen LogP contribution < -0.4 is 4.90 Å². The molecule has 0 fully saturated rings. The van der Waals surface area contributed by atoms with Crippen molar-refractivity contribution in [3.8, 4) is 11.3 Å². The molecule has 0 saturated heterocycles. The summed E-state index contributed by atoms with van der Waals surface area (Å²) in [4.78, 5) is 15.9. The summed E-state index contributed by atoms with van der Waals surface area (Å²) in [6.07, 6.45) is 3.38. The number of para-hydroxylation sites is 3. The van der Waals surface area contributed by atoms with E-state index in [4.69, 9.17) is 9.97 Å². The number of benzene rings is 6. The first kappa shape index (κ1) is 27.3. The summed E-state index contributed by atoms with van der Waals surface area (Å²) in [6.45, 7) is 0. The second-order valence-electron chi connectivity index (χ2n) is 13.2. The summed E-state index contributed by atoms with van der Waals surface area (Å²) in [5, 5.41) is 0. The molecule has 1 unspecified atom stereocenters. The van der Waals surface area contributed by atoms with Crippen molar-refractivity contribution < 1.29 is 0 Å². The molecule has 0 amide bonds. The molecule has 11 rings (SSSR count). The Morgan fingerprint density at radius 3 is 1.92 bits per heavy atom. The quantitative estimate of drug-likeness (QED) is 0.187. The van der Waals surface area contributed by atoms with Gasteiger partial charge in [0.1, 0.15) is 5.69 Å². The zero-order valence-corrected chi connectivity index (χ0v) is 27.4. The number of aromatic nitrogens is 2. The number of allylic oxidation sites excluding steroid dienone is 2. The van der Waals surface area contributed by atoms with E-state index in [1.165, 1.54) is 60.0 Å². The van der Waals surface area contributed by atoms with Crippen molar-refractivity contribution in [1.82, 2.24) is 9.97 Å². The van der Waals surface area contributed by atoms with Crippen LogP contribution in [0.5, 0.6) is 0 Å². The van der Waals surface area contributed by atoms with Gasteiger partial charge in [0.15, 0.2) is 5.82 Å². The predicted octanol–water partition coefficient (Wildman–Crippen LogP) is 10.9. The SMILES string of the molecule is C1=C2c3ccccc3N(c3nc4ccccc4nc3-c3ccccc3)C2CC2=C1c1ccccc1C21c2ccccc2Sc2ccccc21. The highest BCUT2D eigenvalue weighted by molar-refractivity contribution is 7.99. The van der Waals surface area contributed by atoms with Crippen molar-refractivity contribution in [2.24, 2.45) is 0 Å². The van der Waals surface area contributed by atoms with Crippen LogP contribution >= 0.6 is 11.8 Å². The molecule has 1 aromatic heterocycles. The van der Waals surface area contributed by atoms with Gasteiger partial charge in [-0.15, -0.1) is 0 Å². The highest BCUT2D eigenvalue weighted by Gasteiger charge is 2.54. The molecule has 3 nitrogen and oxygen atoms in total. The lowest BCUT2D eigenvalue weighted by atomic mass is 9.64. The topological polar surface area (TPSA) is 29.0 Å². The van der Waals surface area contributed by atoms with Crippen LogP contribution in [-0.2, 0) is 5.41 Å². The highest BCUT2D eigenvalue weighted by Crippen LogP contribution is 2.65. The molecule has 0 N–H and O–H groups in total. The number of anilines is 2. The predicted molar refractivity (Wildman–Crippen MR) is 200 cm³/mol. The molecular weight excluding hydrogens is 615 g/mol. The van der Waals surface area contributed by atoms with E-state index < -0.39 is 0 Å². The Balaban J connectivity index is 1.20. The summed E-state index contributed by atoms with van der Waals surface area (Å²) in [7, 11) is 0. The van der Waals surface area contributed by atoms with Gasteiger partial charge in [-0.2, -0.15) is 0 Å². The van der Waals surface area contributed by atoms with E-state index in [0.717, 1.165) is 34.5 Å². The maximum absolute atomic E-state index is 5.44. The number of rotatable bonds is 2. The van der Waals surface area contributed by atoms with Gasteiger partial charge in [0, 0.05) is 20.9 Å². The van der Waals surface area contributed by atoms with Gasteiger partial charge in [-0.25, -0.2) is 9.97 Å². The molecule has 4 aliphatic rings. The highest BCUT2D eigenvalue weighted by atomic mass is 32.2. The Morgan fingerprint density at radius 2 is 1.16 bits per heavy atom. The Bertz CT molecular complexity index is 2540. The molecular formula is C45H29N3S. The summed E-state index contributed by atoms with van der Waals surface area (Å²) < 4.78 is 0. The van der Waals surface area contributed by atoms with Crippen LogP contribution in [0.25, 0.3) is 33.4 Å². The average Bonchev–Trinajstić information content (AvgIpc) is 3.64. The average molecular weight is 644 g/mol. The van der Waals surface area contributed by atoms with E-state index in [9.17, 15) is 0 Å². The third-order valence-electron chi connectivity index (χ3n) is 10.9. The third kappa shape index (κ3) is 3.64. The van der Waals surface area contributed by atoms with E-state index >= 15 is 0 Å². The fourth-order valence-corrected chi connectivity index (χ4v) is 10.2.